The molecule has 1 saturated heterocycles. The fraction of sp³-hybridized carbons (Fsp3) is 0.542. The van der Waals surface area contributed by atoms with E-state index < -0.39 is 17.6 Å². The average Bonchev–Trinajstić information content (AvgIpc) is 3.13. The van der Waals surface area contributed by atoms with Crippen LogP contribution in [0.4, 0.5) is 24.7 Å². The van der Waals surface area contributed by atoms with Gasteiger partial charge < -0.3 is 16.2 Å². The van der Waals surface area contributed by atoms with Crippen LogP contribution in [0.25, 0.3) is 0 Å². The number of aliphatic hydroxyl groups excluding tert-OH is 1. The molecule has 0 unspecified atom stereocenters. The number of nitriles is 1. The van der Waals surface area contributed by atoms with Crippen LogP contribution in [0.5, 0.6) is 0 Å². The van der Waals surface area contributed by atoms with Crippen LogP contribution in [0.3, 0.4) is 0 Å². The van der Waals surface area contributed by atoms with E-state index in [4.69, 9.17) is 5.73 Å². The van der Waals surface area contributed by atoms with Gasteiger partial charge in [-0.3, -0.25) is 14.4 Å². The molecule has 2 aromatic rings. The molecule has 2 saturated carbocycles. The number of rotatable bonds is 6. The van der Waals surface area contributed by atoms with Gasteiger partial charge in [-0.15, -0.1) is 0 Å². The van der Waals surface area contributed by atoms with E-state index in [1.54, 1.807) is 4.68 Å². The first-order chi connectivity index (χ1) is 16.7. The molecule has 1 amide bonds. The van der Waals surface area contributed by atoms with Gasteiger partial charge in [0.25, 0.3) is 5.91 Å². The number of hydrogen-bond acceptors (Lipinski definition) is 6. The van der Waals surface area contributed by atoms with Crippen molar-refractivity contribution < 1.29 is 23.1 Å². The van der Waals surface area contributed by atoms with Gasteiger partial charge in [0.1, 0.15) is 5.56 Å². The van der Waals surface area contributed by atoms with Gasteiger partial charge in [0.15, 0.2) is 5.82 Å². The molecule has 3 fully saturated rings. The van der Waals surface area contributed by atoms with Crippen molar-refractivity contribution in [3.8, 4) is 6.07 Å². The van der Waals surface area contributed by atoms with Crippen molar-refractivity contribution in [2.24, 2.45) is 29.4 Å². The predicted octanol–water partition coefficient (Wildman–Crippen LogP) is 3.15. The SMILES string of the molecule is N#C[C@H]1C[C@@H](N2C[C@@H]3[C@@H](CO)[C@@H]3C2)CC[C@@H]1n1cc(C(N)=O)c(Nc2ccc(C(F)(F)F)cc2)n1. The lowest BCUT2D eigenvalue weighted by atomic mass is 9.81. The number of aliphatic hydroxyl groups is 1. The van der Waals surface area contributed by atoms with Crippen molar-refractivity contribution in [1.29, 1.82) is 5.26 Å². The Hall–Kier alpha value is -3.10. The summed E-state index contributed by atoms with van der Waals surface area (Å²) in [6.07, 6.45) is -0.643. The zero-order valence-electron chi connectivity index (χ0n) is 18.9. The summed E-state index contributed by atoms with van der Waals surface area (Å²) in [7, 11) is 0. The quantitative estimate of drug-likeness (QED) is 0.575. The van der Waals surface area contributed by atoms with Crippen LogP contribution in [-0.2, 0) is 6.18 Å². The van der Waals surface area contributed by atoms with E-state index in [2.05, 4.69) is 21.4 Å². The first kappa shape index (κ1) is 23.6. The molecule has 8 nitrogen and oxygen atoms in total. The molecule has 0 radical (unpaired) electrons. The molecule has 3 aliphatic rings. The number of anilines is 2. The second kappa shape index (κ2) is 8.84. The van der Waals surface area contributed by atoms with Gasteiger partial charge in [0.05, 0.1) is 23.6 Å². The normalized spacial score (nSPS) is 30.5. The van der Waals surface area contributed by atoms with E-state index in [9.17, 15) is 28.3 Å². The van der Waals surface area contributed by atoms with Gasteiger partial charge >= 0.3 is 6.18 Å². The Morgan fingerprint density at radius 2 is 1.91 bits per heavy atom. The van der Waals surface area contributed by atoms with Crippen molar-refractivity contribution in [3.63, 3.8) is 0 Å². The molecular weight excluding hydrogens is 461 g/mol. The molecule has 4 N–H and O–H groups in total. The maximum atomic E-state index is 12.8. The lowest BCUT2D eigenvalue weighted by Gasteiger charge is -2.38. The molecule has 1 aliphatic heterocycles. The van der Waals surface area contributed by atoms with Gasteiger partial charge in [-0.05, 0) is 61.3 Å². The van der Waals surface area contributed by atoms with Crippen molar-refractivity contribution in [2.75, 3.05) is 25.0 Å². The van der Waals surface area contributed by atoms with E-state index in [0.29, 0.717) is 42.3 Å². The lowest BCUT2D eigenvalue weighted by Crippen LogP contribution is -2.42. The zero-order valence-corrected chi connectivity index (χ0v) is 18.9. The molecule has 5 rings (SSSR count). The highest BCUT2D eigenvalue weighted by molar-refractivity contribution is 5.98. The van der Waals surface area contributed by atoms with Crippen molar-refractivity contribution >= 4 is 17.4 Å². The van der Waals surface area contributed by atoms with E-state index in [-0.39, 0.29) is 29.9 Å². The van der Waals surface area contributed by atoms with Crippen LogP contribution in [0.1, 0.15) is 41.2 Å². The number of primary amides is 1. The van der Waals surface area contributed by atoms with Crippen molar-refractivity contribution in [2.45, 2.75) is 37.5 Å². The monoisotopic (exact) mass is 488 g/mol. The number of amides is 1. The first-order valence-electron chi connectivity index (χ1n) is 11.8. The third-order valence-electron chi connectivity index (χ3n) is 7.89. The molecule has 2 heterocycles. The Kier molecular flexibility index (Phi) is 5.97. The fourth-order valence-electron chi connectivity index (χ4n) is 5.88. The molecular formula is C24H27F3N6O2. The second-order valence-corrected chi connectivity index (χ2v) is 9.83. The van der Waals surface area contributed by atoms with E-state index >= 15 is 0 Å². The smallest absolute Gasteiger partial charge is 0.396 e. The standard InChI is InChI=1S/C24H27F3N6O2/c25-24(26,27)14-1-3-15(4-2-14)30-23-19(22(29)35)11-33(31-23)21-6-5-16(7-13(21)8-28)32-9-17-18(10-32)20(17)12-34/h1-4,11,13,16-18,20-21,34H,5-7,9-10,12H2,(H2,29,35)(H,30,31)/t13-,16+,17-,18+,20+,21+/m1/s1. The number of carbonyl (C=O) groups is 1. The zero-order chi connectivity index (χ0) is 24.9. The third-order valence-corrected chi connectivity index (χ3v) is 7.89. The van der Waals surface area contributed by atoms with Gasteiger partial charge in [-0.2, -0.15) is 23.5 Å². The van der Waals surface area contributed by atoms with Crippen LogP contribution in [0.15, 0.2) is 30.5 Å². The van der Waals surface area contributed by atoms with Crippen LogP contribution in [0.2, 0.25) is 0 Å². The number of piperidine rings is 1. The van der Waals surface area contributed by atoms with Crippen LogP contribution >= 0.6 is 0 Å². The van der Waals surface area contributed by atoms with Crippen LogP contribution in [0, 0.1) is 35.0 Å². The molecule has 1 aromatic carbocycles. The molecule has 2 aliphatic carbocycles. The van der Waals surface area contributed by atoms with Crippen LogP contribution < -0.4 is 11.1 Å². The van der Waals surface area contributed by atoms with Gasteiger partial charge in [-0.25, -0.2) is 0 Å². The maximum Gasteiger partial charge on any atom is 0.416 e. The highest BCUT2D eigenvalue weighted by Gasteiger charge is 2.56. The number of likely N-dealkylation sites (tertiary alicyclic amines) is 1. The summed E-state index contributed by atoms with van der Waals surface area (Å²) < 4.78 is 40.1. The Labute approximate surface area is 200 Å². The fourth-order valence-corrected chi connectivity index (χ4v) is 5.88. The summed E-state index contributed by atoms with van der Waals surface area (Å²) in [4.78, 5) is 14.5. The topological polar surface area (TPSA) is 120 Å². The number of carbonyl (C=O) groups excluding carboxylic acids is 1. The van der Waals surface area contributed by atoms with Crippen molar-refractivity contribution in [1.82, 2.24) is 14.7 Å². The highest BCUT2D eigenvalue weighted by Crippen LogP contribution is 2.53. The summed E-state index contributed by atoms with van der Waals surface area (Å²) in [6.45, 7) is 2.19. The highest BCUT2D eigenvalue weighted by atomic mass is 19.4. The number of fused-ring (bicyclic) bond motifs is 1. The van der Waals surface area contributed by atoms with E-state index in [1.165, 1.54) is 18.3 Å². The number of hydrogen-bond donors (Lipinski definition) is 3. The summed E-state index contributed by atoms with van der Waals surface area (Å²) in [5.41, 5.74) is 5.20. The molecule has 1 aromatic heterocycles. The summed E-state index contributed by atoms with van der Waals surface area (Å²) in [5.74, 6) is 0.691. The molecule has 6 atom stereocenters. The number of nitrogens with two attached hydrogens (primary N) is 1. The molecule has 35 heavy (non-hydrogen) atoms. The molecule has 11 heteroatoms. The van der Waals surface area contributed by atoms with Gasteiger partial charge in [0, 0.05) is 37.6 Å². The summed E-state index contributed by atoms with van der Waals surface area (Å²) in [6, 6.07) is 6.89. The number of nitrogens with zero attached hydrogens (tertiary/aromatic N) is 4. The van der Waals surface area contributed by atoms with Crippen molar-refractivity contribution in [3.05, 3.63) is 41.6 Å². The number of halogens is 3. The Morgan fingerprint density at radius 1 is 1.23 bits per heavy atom. The van der Waals surface area contributed by atoms with E-state index in [0.717, 1.165) is 31.6 Å². The number of benzene rings is 1. The Bertz CT molecular complexity index is 1130. The molecule has 0 bridgehead atoms. The lowest BCUT2D eigenvalue weighted by molar-refractivity contribution is -0.137. The number of aromatic nitrogens is 2. The third kappa shape index (κ3) is 4.48. The number of alkyl halides is 3. The molecule has 186 valence electrons. The first-order valence-corrected chi connectivity index (χ1v) is 11.8. The minimum atomic E-state index is -4.44. The second-order valence-electron chi connectivity index (χ2n) is 9.83. The maximum absolute atomic E-state index is 12.8. The Balaban J connectivity index is 1.30. The largest absolute Gasteiger partial charge is 0.416 e. The minimum Gasteiger partial charge on any atom is -0.396 e. The number of nitrogens with one attached hydrogen (secondary N) is 1. The van der Waals surface area contributed by atoms with Gasteiger partial charge in [-0.1, -0.05) is 0 Å². The van der Waals surface area contributed by atoms with E-state index in [1.807, 2.05) is 0 Å². The van der Waals surface area contributed by atoms with Crippen LogP contribution in [-0.4, -0.2) is 51.4 Å². The average molecular weight is 489 g/mol. The van der Waals surface area contributed by atoms with Gasteiger partial charge in [0.2, 0.25) is 0 Å². The Morgan fingerprint density at radius 3 is 2.49 bits per heavy atom. The molecule has 0 spiro atoms. The summed E-state index contributed by atoms with van der Waals surface area (Å²) in [5, 5.41) is 26.6. The summed E-state index contributed by atoms with van der Waals surface area (Å²) >= 11 is 0. The minimum absolute atomic E-state index is 0.110. The predicted molar refractivity (Wildman–Crippen MR) is 120 cm³/mol.